The predicted octanol–water partition coefficient (Wildman–Crippen LogP) is 1.31. The lowest BCUT2D eigenvalue weighted by Crippen LogP contribution is -2.30. The van der Waals surface area contributed by atoms with E-state index in [1.165, 1.54) is 6.92 Å². The molecule has 0 fully saturated rings. The summed E-state index contributed by atoms with van der Waals surface area (Å²) < 4.78 is 4.91. The molecule has 0 spiro atoms. The zero-order valence-corrected chi connectivity index (χ0v) is 11.8. The number of amides is 2. The molecule has 1 rings (SSSR count). The average molecular weight is 284 g/mol. The van der Waals surface area contributed by atoms with Crippen LogP contribution >= 0.6 is 11.3 Å². The van der Waals surface area contributed by atoms with Gasteiger partial charge in [0.05, 0.1) is 18.2 Å². The van der Waals surface area contributed by atoms with Gasteiger partial charge in [-0.3, -0.25) is 9.59 Å². The highest BCUT2D eigenvalue weighted by molar-refractivity contribution is 7.18. The maximum atomic E-state index is 11.6. The average Bonchev–Trinajstić information content (AvgIpc) is 2.68. The largest absolute Gasteiger partial charge is 0.462 e. The van der Waals surface area contributed by atoms with Gasteiger partial charge < -0.3 is 15.4 Å². The fourth-order valence-corrected chi connectivity index (χ4v) is 2.31. The van der Waals surface area contributed by atoms with Gasteiger partial charge in [-0.1, -0.05) is 0 Å². The third-order valence-electron chi connectivity index (χ3n) is 2.14. The van der Waals surface area contributed by atoms with E-state index in [2.05, 4.69) is 10.6 Å². The molecule has 2 N–H and O–H groups in total. The first-order chi connectivity index (χ1) is 8.93. The second-order valence-electron chi connectivity index (χ2n) is 3.80. The minimum absolute atomic E-state index is 0.0962. The van der Waals surface area contributed by atoms with E-state index < -0.39 is 5.97 Å². The van der Waals surface area contributed by atoms with Crippen LogP contribution in [-0.4, -0.2) is 30.9 Å². The maximum Gasteiger partial charge on any atom is 0.348 e. The van der Waals surface area contributed by atoms with Gasteiger partial charge in [-0.15, -0.1) is 11.3 Å². The SMILES string of the molecule is CCOC(=O)c1sc(NC(=O)CNC(C)=O)cc1C. The number of ether oxygens (including phenoxy) is 1. The van der Waals surface area contributed by atoms with Crippen LogP contribution in [0.1, 0.15) is 29.1 Å². The minimum atomic E-state index is -0.396. The monoisotopic (exact) mass is 284 g/mol. The summed E-state index contributed by atoms with van der Waals surface area (Å²) in [4.78, 5) is 34.2. The molecule has 0 saturated carbocycles. The summed E-state index contributed by atoms with van der Waals surface area (Å²) in [6, 6.07) is 1.70. The highest BCUT2D eigenvalue weighted by Gasteiger charge is 2.15. The van der Waals surface area contributed by atoms with Crippen LogP contribution in [0.2, 0.25) is 0 Å². The Kier molecular flexibility index (Phi) is 5.50. The van der Waals surface area contributed by atoms with Crippen LogP contribution in [0.25, 0.3) is 0 Å². The van der Waals surface area contributed by atoms with Crippen molar-refractivity contribution < 1.29 is 19.1 Å². The standard InChI is InChI=1S/C12H16N2O4S/c1-4-18-12(17)11-7(2)5-10(19-11)14-9(16)6-13-8(3)15/h5H,4,6H2,1-3H3,(H,13,15)(H,14,16). The predicted molar refractivity (Wildman–Crippen MR) is 72.3 cm³/mol. The lowest BCUT2D eigenvalue weighted by molar-refractivity contribution is -0.122. The molecule has 1 aromatic rings. The maximum absolute atomic E-state index is 11.6. The number of carbonyl (C=O) groups excluding carboxylic acids is 3. The van der Waals surface area contributed by atoms with Crippen LogP contribution in [0.4, 0.5) is 5.00 Å². The van der Waals surface area contributed by atoms with Crippen molar-refractivity contribution in [1.29, 1.82) is 0 Å². The van der Waals surface area contributed by atoms with E-state index in [0.717, 1.165) is 16.9 Å². The number of aryl methyl sites for hydroxylation is 1. The number of hydrogen-bond acceptors (Lipinski definition) is 5. The van der Waals surface area contributed by atoms with Crippen molar-refractivity contribution in [1.82, 2.24) is 5.32 Å². The third kappa shape index (κ3) is 4.70. The van der Waals surface area contributed by atoms with Crippen LogP contribution < -0.4 is 10.6 Å². The third-order valence-corrected chi connectivity index (χ3v) is 3.27. The van der Waals surface area contributed by atoms with E-state index in [9.17, 15) is 14.4 Å². The molecule has 0 aliphatic rings. The van der Waals surface area contributed by atoms with Gasteiger partial charge in [-0.05, 0) is 25.5 Å². The van der Waals surface area contributed by atoms with Crippen LogP contribution in [0.15, 0.2) is 6.07 Å². The van der Waals surface area contributed by atoms with E-state index in [4.69, 9.17) is 4.74 Å². The fourth-order valence-electron chi connectivity index (χ4n) is 1.33. The van der Waals surface area contributed by atoms with Crippen LogP contribution in [-0.2, 0) is 14.3 Å². The first kappa shape index (κ1) is 15.2. The van der Waals surface area contributed by atoms with Crippen molar-refractivity contribution >= 4 is 34.1 Å². The van der Waals surface area contributed by atoms with Gasteiger partial charge in [0.1, 0.15) is 4.88 Å². The minimum Gasteiger partial charge on any atom is -0.462 e. The lowest BCUT2D eigenvalue weighted by Gasteiger charge is -2.02. The first-order valence-corrected chi connectivity index (χ1v) is 6.57. The summed E-state index contributed by atoms with van der Waals surface area (Å²) in [5.74, 6) is -1.01. The van der Waals surface area contributed by atoms with Crippen molar-refractivity contribution in [2.45, 2.75) is 20.8 Å². The Morgan fingerprint density at radius 1 is 1.37 bits per heavy atom. The molecule has 19 heavy (non-hydrogen) atoms. The molecule has 0 radical (unpaired) electrons. The Labute approximate surface area is 115 Å². The number of esters is 1. The summed E-state index contributed by atoms with van der Waals surface area (Å²) in [6.07, 6.45) is 0. The molecule has 0 saturated heterocycles. The van der Waals surface area contributed by atoms with Gasteiger partial charge in [-0.2, -0.15) is 0 Å². The zero-order valence-electron chi connectivity index (χ0n) is 11.0. The van der Waals surface area contributed by atoms with Crippen LogP contribution in [0.3, 0.4) is 0 Å². The topological polar surface area (TPSA) is 84.5 Å². The normalized spacial score (nSPS) is 9.84. The molecule has 2 amide bonds. The van der Waals surface area contributed by atoms with Gasteiger partial charge in [0.25, 0.3) is 0 Å². The Balaban J connectivity index is 2.65. The first-order valence-electron chi connectivity index (χ1n) is 5.75. The van der Waals surface area contributed by atoms with Crippen LogP contribution in [0.5, 0.6) is 0 Å². The molecule has 0 atom stereocenters. The molecule has 1 heterocycles. The molecule has 0 aliphatic heterocycles. The number of anilines is 1. The molecule has 0 unspecified atom stereocenters. The number of hydrogen-bond donors (Lipinski definition) is 2. The molecular formula is C12H16N2O4S. The highest BCUT2D eigenvalue weighted by Crippen LogP contribution is 2.27. The quantitative estimate of drug-likeness (QED) is 0.798. The zero-order chi connectivity index (χ0) is 14.4. The van der Waals surface area contributed by atoms with E-state index in [1.54, 1.807) is 19.9 Å². The summed E-state index contributed by atoms with van der Waals surface area (Å²) in [5.41, 5.74) is 0.748. The van der Waals surface area contributed by atoms with Gasteiger partial charge >= 0.3 is 5.97 Å². The smallest absolute Gasteiger partial charge is 0.348 e. The summed E-state index contributed by atoms with van der Waals surface area (Å²) >= 11 is 1.15. The van der Waals surface area contributed by atoms with Gasteiger partial charge in [0, 0.05) is 6.92 Å². The Morgan fingerprint density at radius 3 is 2.63 bits per heavy atom. The summed E-state index contributed by atoms with van der Waals surface area (Å²) in [6.45, 7) is 5.05. The second-order valence-corrected chi connectivity index (χ2v) is 4.85. The molecule has 0 aliphatic carbocycles. The van der Waals surface area contributed by atoms with E-state index in [-0.39, 0.29) is 18.4 Å². The number of nitrogens with one attached hydrogen (secondary N) is 2. The molecule has 6 nitrogen and oxygen atoms in total. The fraction of sp³-hybridized carbons (Fsp3) is 0.417. The van der Waals surface area contributed by atoms with Crippen molar-refractivity contribution in [2.75, 3.05) is 18.5 Å². The molecule has 1 aromatic heterocycles. The van der Waals surface area contributed by atoms with Gasteiger partial charge in [-0.25, -0.2) is 4.79 Å². The van der Waals surface area contributed by atoms with Gasteiger partial charge in [0.2, 0.25) is 11.8 Å². The second kappa shape index (κ2) is 6.89. The highest BCUT2D eigenvalue weighted by atomic mass is 32.1. The molecule has 104 valence electrons. The molecule has 7 heteroatoms. The molecule has 0 bridgehead atoms. The Hall–Kier alpha value is -1.89. The van der Waals surface area contributed by atoms with E-state index in [1.807, 2.05) is 0 Å². The van der Waals surface area contributed by atoms with E-state index in [0.29, 0.717) is 16.5 Å². The van der Waals surface area contributed by atoms with Crippen molar-refractivity contribution in [3.05, 3.63) is 16.5 Å². The van der Waals surface area contributed by atoms with Gasteiger partial charge in [0.15, 0.2) is 0 Å². The Morgan fingerprint density at radius 2 is 2.05 bits per heavy atom. The Bertz CT molecular complexity index is 496. The molecule has 0 aromatic carbocycles. The number of carbonyl (C=O) groups is 3. The number of rotatable bonds is 5. The summed E-state index contributed by atoms with van der Waals surface area (Å²) in [5, 5.41) is 5.56. The van der Waals surface area contributed by atoms with Crippen molar-refractivity contribution in [3.8, 4) is 0 Å². The summed E-state index contributed by atoms with van der Waals surface area (Å²) in [7, 11) is 0. The number of thiophene rings is 1. The lowest BCUT2D eigenvalue weighted by atomic mass is 10.3. The van der Waals surface area contributed by atoms with Crippen molar-refractivity contribution in [2.24, 2.45) is 0 Å². The molecular weight excluding hydrogens is 268 g/mol. The van der Waals surface area contributed by atoms with Crippen molar-refractivity contribution in [3.63, 3.8) is 0 Å². The van der Waals surface area contributed by atoms with E-state index >= 15 is 0 Å². The van der Waals surface area contributed by atoms with Crippen LogP contribution in [0, 0.1) is 6.92 Å².